The Hall–Kier alpha value is -2.32. The van der Waals surface area contributed by atoms with E-state index in [1.165, 1.54) is 4.90 Å². The van der Waals surface area contributed by atoms with Crippen molar-refractivity contribution in [3.8, 4) is 0 Å². The maximum atomic E-state index is 16.0. The maximum absolute atomic E-state index is 16.0. The van der Waals surface area contributed by atoms with Gasteiger partial charge in [0.25, 0.3) is 5.91 Å². The van der Waals surface area contributed by atoms with Crippen LogP contribution in [0.4, 0.5) is 4.39 Å². The molecule has 4 aliphatic rings. The molecular formula is C22H25FN3O4. The zero-order chi connectivity index (χ0) is 21.0. The van der Waals surface area contributed by atoms with Gasteiger partial charge in [0.1, 0.15) is 17.8 Å². The Morgan fingerprint density at radius 1 is 1.13 bits per heavy atom. The highest BCUT2D eigenvalue weighted by atomic mass is 19.1. The molecule has 3 amide bonds. The topological polar surface area (TPSA) is 89.6 Å². The smallest absolute Gasteiger partial charge is 0.255 e. The Morgan fingerprint density at radius 2 is 1.97 bits per heavy atom. The van der Waals surface area contributed by atoms with Crippen molar-refractivity contribution < 1.29 is 23.9 Å². The second kappa shape index (κ2) is 7.13. The van der Waals surface area contributed by atoms with Crippen molar-refractivity contribution in [2.45, 2.75) is 68.9 Å². The lowest BCUT2D eigenvalue weighted by Crippen LogP contribution is -2.56. The lowest BCUT2D eigenvalue weighted by molar-refractivity contribution is -0.136. The van der Waals surface area contributed by atoms with Gasteiger partial charge >= 0.3 is 0 Å². The standard InChI is InChI=1S/C22H25FN3O4/c23-22(8-1-9-25(12-22)16-4-6-18(16)27)14-2-3-15-13(10-14)11-26(21(15)30)17-5-7-19(28)24-20(17)29/h2-3,10,16-18H,1,4-9,11-12H2,(H,24,28,29). The molecular weight excluding hydrogens is 389 g/mol. The van der Waals surface area contributed by atoms with Crippen molar-refractivity contribution in [1.29, 1.82) is 0 Å². The van der Waals surface area contributed by atoms with Crippen molar-refractivity contribution in [2.75, 3.05) is 13.1 Å². The molecule has 0 spiro atoms. The van der Waals surface area contributed by atoms with Crippen LogP contribution in [0.2, 0.25) is 0 Å². The molecule has 1 N–H and O–H groups in total. The molecule has 1 aromatic carbocycles. The number of rotatable bonds is 3. The summed E-state index contributed by atoms with van der Waals surface area (Å²) in [5.74, 6) is -1.03. The number of alkyl halides is 1. The molecule has 1 radical (unpaired) electrons. The molecule has 0 bridgehead atoms. The predicted octanol–water partition coefficient (Wildman–Crippen LogP) is 1.67. The van der Waals surface area contributed by atoms with Gasteiger partial charge in [-0.05, 0) is 61.9 Å². The van der Waals surface area contributed by atoms with Crippen LogP contribution >= 0.6 is 0 Å². The summed E-state index contributed by atoms with van der Waals surface area (Å²) in [5.41, 5.74) is 0.180. The van der Waals surface area contributed by atoms with Gasteiger partial charge in [-0.15, -0.1) is 0 Å². The number of imide groups is 1. The highest BCUT2D eigenvalue weighted by Crippen LogP contribution is 2.40. The Kier molecular flexibility index (Phi) is 4.67. The largest absolute Gasteiger partial charge is 0.322 e. The molecule has 8 heteroatoms. The molecule has 0 aromatic heterocycles. The summed E-state index contributed by atoms with van der Waals surface area (Å²) < 4.78 is 16.0. The highest BCUT2D eigenvalue weighted by Gasteiger charge is 2.45. The number of carbonyl (C=O) groups is 3. The van der Waals surface area contributed by atoms with E-state index in [1.54, 1.807) is 18.2 Å². The summed E-state index contributed by atoms with van der Waals surface area (Å²) in [6.07, 6.45) is 2.47. The normalized spacial score (nSPS) is 34.5. The van der Waals surface area contributed by atoms with Crippen LogP contribution in [-0.4, -0.2) is 58.8 Å². The average molecular weight is 414 g/mol. The number of benzene rings is 1. The molecule has 159 valence electrons. The van der Waals surface area contributed by atoms with Crippen LogP contribution in [0.15, 0.2) is 18.2 Å². The highest BCUT2D eigenvalue weighted by molar-refractivity contribution is 6.05. The minimum Gasteiger partial charge on any atom is -0.322 e. The van der Waals surface area contributed by atoms with E-state index in [1.807, 2.05) is 4.90 Å². The van der Waals surface area contributed by atoms with Crippen LogP contribution in [0, 0.1) is 0 Å². The number of nitrogens with one attached hydrogen (secondary N) is 1. The lowest BCUT2D eigenvalue weighted by atomic mass is 9.81. The van der Waals surface area contributed by atoms with Crippen LogP contribution in [0.3, 0.4) is 0 Å². The van der Waals surface area contributed by atoms with Gasteiger partial charge in [0, 0.05) is 31.1 Å². The molecule has 7 nitrogen and oxygen atoms in total. The molecule has 4 unspecified atom stereocenters. The molecule has 5 rings (SSSR count). The van der Waals surface area contributed by atoms with Crippen molar-refractivity contribution >= 4 is 17.7 Å². The molecule has 30 heavy (non-hydrogen) atoms. The van der Waals surface area contributed by atoms with Gasteiger partial charge in [-0.25, -0.2) is 9.50 Å². The molecule has 2 saturated heterocycles. The van der Waals surface area contributed by atoms with Gasteiger partial charge in [-0.3, -0.25) is 24.6 Å². The number of fused-ring (bicyclic) bond motifs is 1. The van der Waals surface area contributed by atoms with Gasteiger partial charge in [0.2, 0.25) is 11.8 Å². The number of likely N-dealkylation sites (tertiary alicyclic amines) is 1. The zero-order valence-corrected chi connectivity index (χ0v) is 16.7. The fraction of sp³-hybridized carbons (Fsp3) is 0.591. The summed E-state index contributed by atoms with van der Waals surface area (Å²) in [7, 11) is 0. The Bertz CT molecular complexity index is 922. The minimum absolute atomic E-state index is 0.0700. The summed E-state index contributed by atoms with van der Waals surface area (Å²) in [6, 6.07) is 4.32. The van der Waals surface area contributed by atoms with E-state index in [9.17, 15) is 19.5 Å². The third-order valence-electron chi connectivity index (χ3n) is 7.16. The lowest BCUT2D eigenvalue weighted by Gasteiger charge is -2.46. The SMILES string of the molecule is [O]C1CCC1N1CCCC(F)(c2ccc3c(c2)CN(C2CCC(=O)NC2=O)C3=O)C1. The van der Waals surface area contributed by atoms with Crippen LogP contribution in [0.25, 0.3) is 0 Å². The number of piperidine rings is 2. The van der Waals surface area contributed by atoms with Gasteiger partial charge < -0.3 is 4.90 Å². The molecule has 3 fully saturated rings. The van der Waals surface area contributed by atoms with E-state index in [-0.39, 0.29) is 37.4 Å². The third-order valence-corrected chi connectivity index (χ3v) is 7.16. The van der Waals surface area contributed by atoms with E-state index in [2.05, 4.69) is 5.32 Å². The second-order valence-electron chi connectivity index (χ2n) is 8.99. The van der Waals surface area contributed by atoms with E-state index in [0.717, 1.165) is 13.0 Å². The summed E-state index contributed by atoms with van der Waals surface area (Å²) in [6.45, 7) is 1.20. The molecule has 1 saturated carbocycles. The summed E-state index contributed by atoms with van der Waals surface area (Å²) >= 11 is 0. The van der Waals surface area contributed by atoms with Gasteiger partial charge in [0.15, 0.2) is 0 Å². The number of nitrogens with zero attached hydrogens (tertiary/aromatic N) is 2. The summed E-state index contributed by atoms with van der Waals surface area (Å²) in [5, 5.41) is 14.2. The van der Waals surface area contributed by atoms with Gasteiger partial charge in [0.05, 0.1) is 0 Å². The Morgan fingerprint density at radius 3 is 2.67 bits per heavy atom. The van der Waals surface area contributed by atoms with Crippen molar-refractivity contribution in [1.82, 2.24) is 15.1 Å². The van der Waals surface area contributed by atoms with E-state index in [4.69, 9.17) is 0 Å². The molecule has 1 aromatic rings. The second-order valence-corrected chi connectivity index (χ2v) is 8.99. The first-order valence-electron chi connectivity index (χ1n) is 10.7. The number of amides is 3. The maximum Gasteiger partial charge on any atom is 0.255 e. The zero-order valence-electron chi connectivity index (χ0n) is 16.7. The fourth-order valence-electron chi connectivity index (χ4n) is 5.28. The van der Waals surface area contributed by atoms with E-state index < -0.39 is 23.7 Å². The number of hydrogen-bond acceptors (Lipinski definition) is 4. The first-order chi connectivity index (χ1) is 14.4. The average Bonchev–Trinajstić information content (AvgIpc) is 3.03. The summed E-state index contributed by atoms with van der Waals surface area (Å²) in [4.78, 5) is 39.9. The van der Waals surface area contributed by atoms with Crippen LogP contribution in [-0.2, 0) is 26.9 Å². The number of carbonyl (C=O) groups excluding carboxylic acids is 3. The number of halogens is 1. The minimum atomic E-state index is -1.55. The van der Waals surface area contributed by atoms with Crippen LogP contribution in [0.5, 0.6) is 0 Å². The Labute approximate surface area is 174 Å². The van der Waals surface area contributed by atoms with Gasteiger partial charge in [-0.1, -0.05) is 6.07 Å². The Balaban J connectivity index is 1.36. The monoisotopic (exact) mass is 414 g/mol. The molecule has 3 aliphatic heterocycles. The first kappa shape index (κ1) is 19.6. The van der Waals surface area contributed by atoms with Crippen LogP contribution in [0.1, 0.15) is 60.0 Å². The third kappa shape index (κ3) is 3.13. The van der Waals surface area contributed by atoms with Crippen molar-refractivity contribution in [2.24, 2.45) is 0 Å². The van der Waals surface area contributed by atoms with Crippen LogP contribution < -0.4 is 5.32 Å². The fourth-order valence-corrected chi connectivity index (χ4v) is 5.28. The van der Waals surface area contributed by atoms with E-state index >= 15 is 4.39 Å². The van der Waals surface area contributed by atoms with Gasteiger partial charge in [-0.2, -0.15) is 0 Å². The molecule has 1 aliphatic carbocycles. The predicted molar refractivity (Wildman–Crippen MR) is 104 cm³/mol. The molecule has 3 heterocycles. The molecule has 4 atom stereocenters. The van der Waals surface area contributed by atoms with E-state index in [0.29, 0.717) is 42.4 Å². The first-order valence-corrected chi connectivity index (χ1v) is 10.7. The number of hydrogen-bond donors (Lipinski definition) is 1. The van der Waals surface area contributed by atoms with Crippen molar-refractivity contribution in [3.63, 3.8) is 0 Å². The quantitative estimate of drug-likeness (QED) is 0.762. The van der Waals surface area contributed by atoms with Crippen molar-refractivity contribution in [3.05, 3.63) is 34.9 Å².